The lowest BCUT2D eigenvalue weighted by Gasteiger charge is -2.17. The number of rotatable bonds is 9. The minimum atomic E-state index is -0.197. The Morgan fingerprint density at radius 3 is 2.42 bits per heavy atom. The van der Waals surface area contributed by atoms with Gasteiger partial charge in [-0.15, -0.1) is 0 Å². The van der Waals surface area contributed by atoms with E-state index in [0.29, 0.717) is 56.8 Å². The number of nitrogens with zero attached hydrogens (tertiary/aromatic N) is 3. The Bertz CT molecular complexity index is 1490. The van der Waals surface area contributed by atoms with Crippen LogP contribution in [0.15, 0.2) is 36.5 Å². The van der Waals surface area contributed by atoms with Crippen molar-refractivity contribution in [1.82, 2.24) is 15.0 Å². The fourth-order valence-electron chi connectivity index (χ4n) is 3.88. The van der Waals surface area contributed by atoms with E-state index in [1.54, 1.807) is 24.4 Å². The Morgan fingerprint density at radius 2 is 1.79 bits per heavy atom. The summed E-state index contributed by atoms with van der Waals surface area (Å²) in [7, 11) is 2.99. The third-order valence-electron chi connectivity index (χ3n) is 5.62. The number of fused-ring (bicyclic) bond motifs is 1. The van der Waals surface area contributed by atoms with E-state index in [2.05, 4.69) is 25.9 Å². The standard InChI is InChI=1S/C26H26Cl2N6O4/c1-13-6-5-7-16(31-14(2)36)23(13)33-26-30-12-15-10-17(32-25(24(15)34-26)29-8-9-35)20-21(27)18(37-3)11-19(38-4)22(20)28/h5-7,10-12,35H,8-9H2,1-4H3,(H,29,32)(H,31,36)(H,30,33,34). The summed E-state index contributed by atoms with van der Waals surface area (Å²) < 4.78 is 10.8. The van der Waals surface area contributed by atoms with Crippen LogP contribution in [0, 0.1) is 6.92 Å². The number of aliphatic hydroxyl groups excluding tert-OH is 1. The molecule has 0 spiro atoms. The summed E-state index contributed by atoms with van der Waals surface area (Å²) >= 11 is 13.3. The van der Waals surface area contributed by atoms with Gasteiger partial charge in [0.1, 0.15) is 17.0 Å². The molecule has 0 unspecified atom stereocenters. The first-order valence-corrected chi connectivity index (χ1v) is 12.3. The van der Waals surface area contributed by atoms with E-state index >= 15 is 0 Å². The molecule has 4 N–H and O–H groups in total. The topological polar surface area (TPSA) is 131 Å². The Kier molecular flexibility index (Phi) is 8.35. The number of aryl methyl sites for hydroxylation is 1. The minimum Gasteiger partial charge on any atom is -0.495 e. The normalized spacial score (nSPS) is 10.8. The van der Waals surface area contributed by atoms with Gasteiger partial charge in [-0.25, -0.2) is 15.0 Å². The summed E-state index contributed by atoms with van der Waals surface area (Å²) in [5, 5.41) is 19.7. The molecule has 0 aliphatic carbocycles. The summed E-state index contributed by atoms with van der Waals surface area (Å²) in [4.78, 5) is 25.6. The maximum atomic E-state index is 11.7. The van der Waals surface area contributed by atoms with Crippen molar-refractivity contribution in [2.75, 3.05) is 43.3 Å². The first-order chi connectivity index (χ1) is 18.3. The third kappa shape index (κ3) is 5.52. The number of ether oxygens (including phenoxy) is 2. The zero-order valence-electron chi connectivity index (χ0n) is 21.1. The predicted octanol–water partition coefficient (Wildman–Crippen LogP) is 5.43. The molecule has 12 heteroatoms. The van der Waals surface area contributed by atoms with E-state index in [9.17, 15) is 9.90 Å². The zero-order chi connectivity index (χ0) is 27.4. The monoisotopic (exact) mass is 556 g/mol. The van der Waals surface area contributed by atoms with Crippen molar-refractivity contribution in [2.45, 2.75) is 13.8 Å². The van der Waals surface area contributed by atoms with Crippen LogP contribution >= 0.6 is 23.2 Å². The van der Waals surface area contributed by atoms with Gasteiger partial charge < -0.3 is 30.5 Å². The van der Waals surface area contributed by atoms with Crippen LogP contribution in [0.4, 0.5) is 23.1 Å². The van der Waals surface area contributed by atoms with Crippen LogP contribution in [-0.4, -0.2) is 53.3 Å². The summed E-state index contributed by atoms with van der Waals surface area (Å²) in [6, 6.07) is 8.90. The molecule has 4 aromatic rings. The van der Waals surface area contributed by atoms with Gasteiger partial charge in [-0.3, -0.25) is 4.79 Å². The van der Waals surface area contributed by atoms with Gasteiger partial charge in [0, 0.05) is 36.7 Å². The molecule has 1 amide bonds. The average molecular weight is 557 g/mol. The van der Waals surface area contributed by atoms with Crippen molar-refractivity contribution in [3.05, 3.63) is 52.1 Å². The van der Waals surface area contributed by atoms with Gasteiger partial charge >= 0.3 is 0 Å². The van der Waals surface area contributed by atoms with E-state index in [1.807, 2.05) is 19.1 Å². The van der Waals surface area contributed by atoms with E-state index in [0.717, 1.165) is 5.56 Å². The number of para-hydroxylation sites is 1. The highest BCUT2D eigenvalue weighted by Gasteiger charge is 2.22. The van der Waals surface area contributed by atoms with Gasteiger partial charge in [0.2, 0.25) is 11.9 Å². The van der Waals surface area contributed by atoms with Crippen molar-refractivity contribution in [3.8, 4) is 22.8 Å². The molecule has 10 nitrogen and oxygen atoms in total. The molecule has 38 heavy (non-hydrogen) atoms. The first kappa shape index (κ1) is 27.2. The Labute approximate surface area is 229 Å². The van der Waals surface area contributed by atoms with Crippen molar-refractivity contribution in [2.24, 2.45) is 0 Å². The highest BCUT2D eigenvalue weighted by Crippen LogP contribution is 2.46. The van der Waals surface area contributed by atoms with Gasteiger partial charge in [-0.05, 0) is 24.6 Å². The molecule has 0 bridgehead atoms. The second-order valence-electron chi connectivity index (χ2n) is 8.23. The number of hydrogen-bond donors (Lipinski definition) is 4. The van der Waals surface area contributed by atoms with E-state index in [1.165, 1.54) is 21.1 Å². The van der Waals surface area contributed by atoms with Crippen LogP contribution in [0.25, 0.3) is 22.2 Å². The molecule has 0 radical (unpaired) electrons. The number of carbonyl (C=O) groups is 1. The van der Waals surface area contributed by atoms with Crippen LogP contribution in [0.2, 0.25) is 10.0 Å². The van der Waals surface area contributed by atoms with Gasteiger partial charge in [-0.2, -0.15) is 0 Å². The molecule has 2 heterocycles. The molecule has 4 rings (SSSR count). The molecular formula is C26H26Cl2N6O4. The second kappa shape index (κ2) is 11.7. The Hall–Kier alpha value is -3.86. The highest BCUT2D eigenvalue weighted by atomic mass is 35.5. The van der Waals surface area contributed by atoms with Crippen molar-refractivity contribution in [3.63, 3.8) is 0 Å². The average Bonchev–Trinajstić information content (AvgIpc) is 2.89. The predicted molar refractivity (Wildman–Crippen MR) is 150 cm³/mol. The molecule has 0 aliphatic rings. The molecule has 0 aliphatic heterocycles. The molecule has 0 atom stereocenters. The minimum absolute atomic E-state index is 0.124. The number of benzene rings is 2. The number of hydrogen-bond acceptors (Lipinski definition) is 9. The van der Waals surface area contributed by atoms with Crippen molar-refractivity contribution >= 4 is 63.2 Å². The molecule has 2 aromatic heterocycles. The van der Waals surface area contributed by atoms with Gasteiger partial charge in [-0.1, -0.05) is 35.3 Å². The number of nitrogens with one attached hydrogen (secondary N) is 3. The lowest BCUT2D eigenvalue weighted by Crippen LogP contribution is -2.11. The maximum absolute atomic E-state index is 11.7. The van der Waals surface area contributed by atoms with Gasteiger partial charge in [0.25, 0.3) is 0 Å². The van der Waals surface area contributed by atoms with Crippen LogP contribution in [-0.2, 0) is 4.79 Å². The lowest BCUT2D eigenvalue weighted by atomic mass is 10.1. The SMILES string of the molecule is COc1cc(OC)c(Cl)c(-c2cc3cnc(Nc4c(C)cccc4NC(C)=O)nc3c(NCCO)n2)c1Cl. The first-order valence-electron chi connectivity index (χ1n) is 11.5. The summed E-state index contributed by atoms with van der Waals surface area (Å²) in [6.07, 6.45) is 1.63. The van der Waals surface area contributed by atoms with E-state index in [-0.39, 0.29) is 29.1 Å². The van der Waals surface area contributed by atoms with Crippen molar-refractivity contribution in [1.29, 1.82) is 0 Å². The van der Waals surface area contributed by atoms with E-state index in [4.69, 9.17) is 37.7 Å². The smallest absolute Gasteiger partial charge is 0.227 e. The Morgan fingerprint density at radius 1 is 1.08 bits per heavy atom. The Balaban J connectivity index is 1.85. The number of pyridine rings is 1. The van der Waals surface area contributed by atoms with Gasteiger partial charge in [0.05, 0.1) is 47.9 Å². The summed E-state index contributed by atoms with van der Waals surface area (Å²) in [5.74, 6) is 1.23. The zero-order valence-corrected chi connectivity index (χ0v) is 22.7. The lowest BCUT2D eigenvalue weighted by molar-refractivity contribution is -0.114. The third-order valence-corrected chi connectivity index (χ3v) is 6.37. The number of aliphatic hydroxyl groups is 1. The number of methoxy groups -OCH3 is 2. The fourth-order valence-corrected chi connectivity index (χ4v) is 4.57. The molecule has 0 saturated heterocycles. The van der Waals surface area contributed by atoms with Crippen LogP contribution in [0.1, 0.15) is 12.5 Å². The highest BCUT2D eigenvalue weighted by molar-refractivity contribution is 6.41. The quantitative estimate of drug-likeness (QED) is 0.213. The fraction of sp³-hybridized carbons (Fsp3) is 0.231. The van der Waals surface area contributed by atoms with E-state index < -0.39 is 0 Å². The molecule has 0 saturated carbocycles. The molecule has 2 aromatic carbocycles. The summed E-state index contributed by atoms with van der Waals surface area (Å²) in [6.45, 7) is 3.46. The number of amides is 1. The van der Waals surface area contributed by atoms with Crippen molar-refractivity contribution < 1.29 is 19.4 Å². The van der Waals surface area contributed by atoms with Gasteiger partial charge in [0.15, 0.2) is 5.82 Å². The maximum Gasteiger partial charge on any atom is 0.227 e. The second-order valence-corrected chi connectivity index (χ2v) is 8.98. The summed E-state index contributed by atoms with van der Waals surface area (Å²) in [5.41, 5.74) is 3.50. The number of carbonyl (C=O) groups excluding carboxylic acids is 1. The van der Waals surface area contributed by atoms with Crippen LogP contribution < -0.4 is 25.4 Å². The number of halogens is 2. The largest absolute Gasteiger partial charge is 0.495 e. The van der Waals surface area contributed by atoms with Crippen LogP contribution in [0.3, 0.4) is 0 Å². The van der Waals surface area contributed by atoms with Crippen LogP contribution in [0.5, 0.6) is 11.5 Å². The number of anilines is 4. The molecule has 0 fully saturated rings. The number of aromatic nitrogens is 3. The molecule has 198 valence electrons. The molecular weight excluding hydrogens is 531 g/mol.